The van der Waals surface area contributed by atoms with Crippen LogP contribution in [0.3, 0.4) is 0 Å². The van der Waals surface area contributed by atoms with Gasteiger partial charge in [-0.2, -0.15) is 0 Å². The number of hydrogen-bond acceptors (Lipinski definition) is 2. The Balaban J connectivity index is 1.47. The highest BCUT2D eigenvalue weighted by Crippen LogP contribution is 2.48. The minimum Gasteiger partial charge on any atom is -0.381 e. The number of amides is 2. The summed E-state index contributed by atoms with van der Waals surface area (Å²) in [6.45, 7) is 2.01. The van der Waals surface area contributed by atoms with Crippen LogP contribution in [0.5, 0.6) is 0 Å². The topological polar surface area (TPSA) is 50.4 Å². The lowest BCUT2D eigenvalue weighted by molar-refractivity contribution is -0.0511. The Morgan fingerprint density at radius 2 is 1.95 bits per heavy atom. The van der Waals surface area contributed by atoms with Gasteiger partial charge in [0.15, 0.2) is 0 Å². The molecule has 21 heavy (non-hydrogen) atoms. The van der Waals surface area contributed by atoms with Crippen molar-refractivity contribution in [1.82, 2.24) is 10.6 Å². The van der Waals surface area contributed by atoms with Gasteiger partial charge in [0.05, 0.1) is 0 Å². The van der Waals surface area contributed by atoms with Crippen LogP contribution in [0.15, 0.2) is 24.3 Å². The highest BCUT2D eigenvalue weighted by molar-refractivity contribution is 5.74. The molecule has 2 amide bonds. The maximum Gasteiger partial charge on any atom is 0.315 e. The Morgan fingerprint density at radius 1 is 1.24 bits per heavy atom. The quantitative estimate of drug-likeness (QED) is 0.899. The monoisotopic (exact) mass is 292 g/mol. The molecule has 1 atom stereocenters. The minimum absolute atomic E-state index is 0.144. The van der Waals surface area contributed by atoms with Gasteiger partial charge in [-0.05, 0) is 48.8 Å². The number of hydrogen-bond donors (Lipinski definition) is 2. The van der Waals surface area contributed by atoms with Gasteiger partial charge in [-0.25, -0.2) is 9.18 Å². The van der Waals surface area contributed by atoms with E-state index in [1.807, 2.05) is 0 Å². The van der Waals surface area contributed by atoms with Gasteiger partial charge in [0, 0.05) is 25.8 Å². The number of carbonyl (C=O) groups excluding carboxylic acids is 1. The molecule has 1 unspecified atom stereocenters. The van der Waals surface area contributed by atoms with Gasteiger partial charge in [-0.15, -0.1) is 0 Å². The van der Waals surface area contributed by atoms with Crippen molar-refractivity contribution in [3.8, 4) is 0 Å². The maximum atomic E-state index is 12.8. The summed E-state index contributed by atoms with van der Waals surface area (Å²) in [4.78, 5) is 12.0. The number of ether oxygens (including phenoxy) is 1. The lowest BCUT2D eigenvalue weighted by Gasteiger charge is -2.51. The normalized spacial score (nSPS) is 23.4. The summed E-state index contributed by atoms with van der Waals surface area (Å²) in [7, 11) is 0. The molecule has 1 aromatic rings. The fourth-order valence-electron chi connectivity index (χ4n) is 3.29. The summed E-state index contributed by atoms with van der Waals surface area (Å²) in [5, 5.41) is 5.91. The third-order valence-corrected chi connectivity index (χ3v) is 4.83. The highest BCUT2D eigenvalue weighted by atomic mass is 19.1. The third-order valence-electron chi connectivity index (χ3n) is 4.83. The van der Waals surface area contributed by atoms with Gasteiger partial charge in [0.25, 0.3) is 0 Å². The zero-order valence-electron chi connectivity index (χ0n) is 12.0. The van der Waals surface area contributed by atoms with E-state index in [2.05, 4.69) is 10.6 Å². The first-order valence-corrected chi connectivity index (χ1v) is 7.55. The number of carbonyl (C=O) groups is 1. The van der Waals surface area contributed by atoms with E-state index in [4.69, 9.17) is 4.74 Å². The molecule has 1 aromatic carbocycles. The maximum absolute atomic E-state index is 12.8. The van der Waals surface area contributed by atoms with E-state index in [0.29, 0.717) is 6.54 Å². The van der Waals surface area contributed by atoms with Crippen LogP contribution in [-0.4, -0.2) is 25.3 Å². The first-order chi connectivity index (χ1) is 10.2. The van der Waals surface area contributed by atoms with Crippen LogP contribution in [0, 0.1) is 11.2 Å². The Bertz CT molecular complexity index is 498. The van der Waals surface area contributed by atoms with Gasteiger partial charge in [-0.1, -0.05) is 12.1 Å². The molecule has 1 saturated carbocycles. The van der Waals surface area contributed by atoms with E-state index in [9.17, 15) is 9.18 Å². The van der Waals surface area contributed by atoms with Crippen molar-refractivity contribution in [3.05, 3.63) is 35.6 Å². The second-order valence-electron chi connectivity index (χ2n) is 6.02. The van der Waals surface area contributed by atoms with Crippen LogP contribution in [0.1, 0.15) is 31.2 Å². The number of benzene rings is 1. The predicted molar refractivity (Wildman–Crippen MR) is 77.3 cm³/mol. The molecule has 1 aliphatic carbocycles. The molecule has 3 rings (SSSR count). The number of urea groups is 1. The first kappa shape index (κ1) is 14.3. The molecule has 2 aliphatic rings. The Kier molecular flexibility index (Phi) is 4.10. The van der Waals surface area contributed by atoms with E-state index in [0.717, 1.165) is 38.0 Å². The summed E-state index contributed by atoms with van der Waals surface area (Å²) in [5.74, 6) is -0.265. The molecule has 1 heterocycles. The second-order valence-corrected chi connectivity index (χ2v) is 6.02. The summed E-state index contributed by atoms with van der Waals surface area (Å²) < 4.78 is 18.2. The summed E-state index contributed by atoms with van der Waals surface area (Å²) in [6.07, 6.45) is 4.30. The standard InChI is InChI=1S/C16H21FN2O2/c17-13-3-1-12(2-4-13)11-18-15(20)19-14-5-6-16(14)7-9-21-10-8-16/h1-4,14H,5-11H2,(H2,18,19,20). The predicted octanol–water partition coefficient (Wildman–Crippen LogP) is 2.58. The Morgan fingerprint density at radius 3 is 2.57 bits per heavy atom. The van der Waals surface area contributed by atoms with Crippen molar-refractivity contribution < 1.29 is 13.9 Å². The third kappa shape index (κ3) is 3.18. The van der Waals surface area contributed by atoms with Crippen LogP contribution < -0.4 is 10.6 Å². The summed E-state index contributed by atoms with van der Waals surface area (Å²) in [6, 6.07) is 6.28. The lowest BCUT2D eigenvalue weighted by Crippen LogP contribution is -2.58. The molecule has 0 radical (unpaired) electrons. The van der Waals surface area contributed by atoms with Gasteiger partial charge in [0.2, 0.25) is 0 Å². The summed E-state index contributed by atoms with van der Waals surface area (Å²) >= 11 is 0. The molecule has 1 spiro atoms. The van der Waals surface area contributed by atoms with Crippen LogP contribution in [0.25, 0.3) is 0 Å². The van der Waals surface area contributed by atoms with Crippen LogP contribution >= 0.6 is 0 Å². The van der Waals surface area contributed by atoms with Crippen LogP contribution in [0.4, 0.5) is 9.18 Å². The molecule has 1 aliphatic heterocycles. The summed E-state index contributed by atoms with van der Waals surface area (Å²) in [5.41, 5.74) is 1.15. The van der Waals surface area contributed by atoms with Gasteiger partial charge < -0.3 is 15.4 Å². The molecule has 114 valence electrons. The zero-order valence-corrected chi connectivity index (χ0v) is 12.0. The Labute approximate surface area is 124 Å². The van der Waals surface area contributed by atoms with Crippen molar-refractivity contribution in [2.24, 2.45) is 5.41 Å². The van der Waals surface area contributed by atoms with Crippen molar-refractivity contribution in [3.63, 3.8) is 0 Å². The fourth-order valence-corrected chi connectivity index (χ4v) is 3.29. The van der Waals surface area contributed by atoms with E-state index in [-0.39, 0.29) is 23.3 Å². The average molecular weight is 292 g/mol. The Hall–Kier alpha value is -1.62. The molecule has 2 fully saturated rings. The van der Waals surface area contributed by atoms with Crippen molar-refractivity contribution in [2.45, 2.75) is 38.3 Å². The molecular weight excluding hydrogens is 271 g/mol. The van der Waals surface area contributed by atoms with Gasteiger partial charge >= 0.3 is 6.03 Å². The minimum atomic E-state index is -0.265. The van der Waals surface area contributed by atoms with Crippen LogP contribution in [-0.2, 0) is 11.3 Å². The molecule has 1 saturated heterocycles. The first-order valence-electron chi connectivity index (χ1n) is 7.55. The molecule has 4 nitrogen and oxygen atoms in total. The van der Waals surface area contributed by atoms with Crippen molar-refractivity contribution in [1.29, 1.82) is 0 Å². The van der Waals surface area contributed by atoms with E-state index >= 15 is 0 Å². The number of halogens is 1. The zero-order chi connectivity index (χ0) is 14.7. The molecule has 0 bridgehead atoms. The molecule has 0 aromatic heterocycles. The number of nitrogens with one attached hydrogen (secondary N) is 2. The highest BCUT2D eigenvalue weighted by Gasteiger charge is 2.47. The molecule has 5 heteroatoms. The number of rotatable bonds is 3. The van der Waals surface area contributed by atoms with E-state index in [1.54, 1.807) is 12.1 Å². The van der Waals surface area contributed by atoms with Crippen LogP contribution in [0.2, 0.25) is 0 Å². The van der Waals surface area contributed by atoms with E-state index < -0.39 is 0 Å². The molecular formula is C16H21FN2O2. The van der Waals surface area contributed by atoms with Gasteiger partial charge in [0.1, 0.15) is 5.82 Å². The largest absolute Gasteiger partial charge is 0.381 e. The van der Waals surface area contributed by atoms with E-state index in [1.165, 1.54) is 18.6 Å². The lowest BCUT2D eigenvalue weighted by atomic mass is 9.60. The second kappa shape index (κ2) is 6.02. The van der Waals surface area contributed by atoms with Crippen molar-refractivity contribution >= 4 is 6.03 Å². The average Bonchev–Trinajstić information content (AvgIpc) is 2.52. The SMILES string of the molecule is O=C(NCc1ccc(F)cc1)NC1CCC12CCOCC2. The van der Waals surface area contributed by atoms with Crippen molar-refractivity contribution in [2.75, 3.05) is 13.2 Å². The smallest absolute Gasteiger partial charge is 0.315 e. The fraction of sp³-hybridized carbons (Fsp3) is 0.562. The van der Waals surface area contributed by atoms with Gasteiger partial charge in [-0.3, -0.25) is 0 Å². The molecule has 2 N–H and O–H groups in total.